The van der Waals surface area contributed by atoms with Crippen LogP contribution in [0.15, 0.2) is 18.3 Å². The van der Waals surface area contributed by atoms with Crippen molar-refractivity contribution in [2.45, 2.75) is 13.0 Å². The fraction of sp³-hybridized carbons (Fsp3) is 0.231. The first-order valence-corrected chi connectivity index (χ1v) is 7.91. The summed E-state index contributed by atoms with van der Waals surface area (Å²) >= 11 is 7.62. The van der Waals surface area contributed by atoms with Crippen molar-refractivity contribution < 1.29 is 9.47 Å². The van der Waals surface area contributed by atoms with Crippen molar-refractivity contribution in [1.29, 1.82) is 0 Å². The van der Waals surface area contributed by atoms with Crippen molar-refractivity contribution in [3.05, 3.63) is 28.4 Å². The smallest absolute Gasteiger partial charge is 0.231 e. The van der Waals surface area contributed by atoms with Gasteiger partial charge in [-0.1, -0.05) is 28.2 Å². The predicted molar refractivity (Wildman–Crippen MR) is 84.7 cm³/mol. The Morgan fingerprint density at radius 1 is 1.26 bits per heavy atom. The van der Waals surface area contributed by atoms with Crippen LogP contribution >= 0.6 is 22.9 Å². The first-order valence-electron chi connectivity index (χ1n) is 6.72. The normalized spacial score (nSPS) is 14.2. The van der Waals surface area contributed by atoms with Gasteiger partial charge in [-0.15, -0.1) is 15.3 Å². The molecule has 118 valence electrons. The van der Waals surface area contributed by atoms with Gasteiger partial charge < -0.3 is 15.2 Å². The zero-order chi connectivity index (χ0) is 16.0. The predicted octanol–water partition coefficient (Wildman–Crippen LogP) is 2.37. The van der Waals surface area contributed by atoms with E-state index in [1.54, 1.807) is 23.0 Å². The third-order valence-electron chi connectivity index (χ3n) is 3.46. The van der Waals surface area contributed by atoms with E-state index in [0.717, 1.165) is 10.6 Å². The van der Waals surface area contributed by atoms with Crippen molar-refractivity contribution in [3.63, 3.8) is 0 Å². The lowest BCUT2D eigenvalue weighted by atomic mass is 10.1. The molecule has 10 heteroatoms. The molecule has 1 atom stereocenters. The number of rotatable bonds is 3. The Balaban J connectivity index is 1.68. The lowest BCUT2D eigenvalue weighted by molar-refractivity contribution is 0.174. The molecule has 1 aromatic carbocycles. The molecule has 2 N–H and O–H groups in total. The minimum Gasteiger partial charge on any atom is -0.454 e. The largest absolute Gasteiger partial charge is 0.454 e. The fourth-order valence-corrected chi connectivity index (χ4v) is 3.14. The van der Waals surface area contributed by atoms with Crippen LogP contribution in [0.4, 0.5) is 5.13 Å². The van der Waals surface area contributed by atoms with Crippen LogP contribution in [0, 0.1) is 0 Å². The van der Waals surface area contributed by atoms with Gasteiger partial charge >= 0.3 is 0 Å². The molecule has 1 aliphatic rings. The average molecular weight is 351 g/mol. The third kappa shape index (κ3) is 2.47. The van der Waals surface area contributed by atoms with Crippen LogP contribution in [0.1, 0.15) is 18.0 Å². The standard InChI is InChI=1S/C13H11ClN6O2S/c1-6(12-17-18-13(15)23-12)20-4-9(16-19-20)7-2-10-11(3-8(7)14)22-5-21-10/h2-4,6H,5H2,1H3,(H2,15,18)/t6-/m1/s1. The molecular formula is C13H11ClN6O2S. The number of hydrogen-bond acceptors (Lipinski definition) is 8. The highest BCUT2D eigenvalue weighted by atomic mass is 35.5. The Kier molecular flexibility index (Phi) is 3.31. The van der Waals surface area contributed by atoms with Gasteiger partial charge in [0.2, 0.25) is 11.9 Å². The van der Waals surface area contributed by atoms with E-state index in [0.29, 0.717) is 27.3 Å². The molecule has 0 aliphatic carbocycles. The van der Waals surface area contributed by atoms with Gasteiger partial charge in [0, 0.05) is 11.6 Å². The topological polar surface area (TPSA) is 101 Å². The molecule has 0 unspecified atom stereocenters. The van der Waals surface area contributed by atoms with E-state index in [-0.39, 0.29) is 12.8 Å². The molecule has 0 spiro atoms. The second-order valence-corrected chi connectivity index (χ2v) is 6.37. The molecule has 8 nitrogen and oxygen atoms in total. The Labute approximate surface area is 139 Å². The van der Waals surface area contributed by atoms with Gasteiger partial charge in [0.05, 0.1) is 11.2 Å². The molecule has 3 aromatic rings. The Hall–Kier alpha value is -2.39. The number of fused-ring (bicyclic) bond motifs is 1. The molecule has 0 radical (unpaired) electrons. The van der Waals surface area contributed by atoms with Crippen molar-refractivity contribution >= 4 is 28.1 Å². The number of ether oxygens (including phenoxy) is 2. The molecule has 2 aromatic heterocycles. The summed E-state index contributed by atoms with van der Waals surface area (Å²) in [6.07, 6.45) is 1.80. The summed E-state index contributed by atoms with van der Waals surface area (Å²) in [5.41, 5.74) is 6.98. The van der Waals surface area contributed by atoms with Crippen LogP contribution in [-0.4, -0.2) is 32.0 Å². The average Bonchev–Trinajstić information content (AvgIpc) is 3.24. The lowest BCUT2D eigenvalue weighted by Crippen LogP contribution is -2.07. The number of nitrogen functional groups attached to an aromatic ring is 1. The molecule has 0 saturated heterocycles. The van der Waals surface area contributed by atoms with E-state index < -0.39 is 0 Å². The van der Waals surface area contributed by atoms with Crippen LogP contribution in [0.3, 0.4) is 0 Å². The van der Waals surface area contributed by atoms with Gasteiger partial charge in [-0.05, 0) is 13.0 Å². The van der Waals surface area contributed by atoms with E-state index in [1.807, 2.05) is 6.92 Å². The number of anilines is 1. The van der Waals surface area contributed by atoms with E-state index in [9.17, 15) is 0 Å². The van der Waals surface area contributed by atoms with Gasteiger partial charge in [0.1, 0.15) is 16.7 Å². The molecule has 23 heavy (non-hydrogen) atoms. The maximum atomic E-state index is 6.30. The summed E-state index contributed by atoms with van der Waals surface area (Å²) in [4.78, 5) is 0. The number of aromatic nitrogens is 5. The highest BCUT2D eigenvalue weighted by Crippen LogP contribution is 2.40. The monoisotopic (exact) mass is 350 g/mol. The molecule has 4 rings (SSSR count). The van der Waals surface area contributed by atoms with Crippen molar-refractivity contribution in [2.75, 3.05) is 12.5 Å². The minimum absolute atomic E-state index is 0.126. The minimum atomic E-state index is -0.126. The highest BCUT2D eigenvalue weighted by Gasteiger charge is 2.20. The molecule has 0 fully saturated rings. The summed E-state index contributed by atoms with van der Waals surface area (Å²) in [6, 6.07) is 3.39. The van der Waals surface area contributed by atoms with Gasteiger partial charge in [0.15, 0.2) is 11.5 Å². The van der Waals surface area contributed by atoms with Crippen LogP contribution in [0.25, 0.3) is 11.3 Å². The van der Waals surface area contributed by atoms with Crippen LogP contribution < -0.4 is 15.2 Å². The number of halogens is 1. The maximum absolute atomic E-state index is 6.30. The molecule has 0 saturated carbocycles. The Morgan fingerprint density at radius 2 is 2.04 bits per heavy atom. The number of hydrogen-bond donors (Lipinski definition) is 1. The summed E-state index contributed by atoms with van der Waals surface area (Å²) in [7, 11) is 0. The quantitative estimate of drug-likeness (QED) is 0.773. The molecular weight excluding hydrogens is 340 g/mol. The van der Waals surface area contributed by atoms with Gasteiger partial charge in [-0.3, -0.25) is 0 Å². The van der Waals surface area contributed by atoms with Gasteiger partial charge in [-0.25, -0.2) is 4.68 Å². The summed E-state index contributed by atoms with van der Waals surface area (Å²) in [6.45, 7) is 2.14. The first-order chi connectivity index (χ1) is 11.1. The molecule has 0 bridgehead atoms. The molecule has 1 aliphatic heterocycles. The number of nitrogens with zero attached hydrogens (tertiary/aromatic N) is 5. The lowest BCUT2D eigenvalue weighted by Gasteiger charge is -2.06. The highest BCUT2D eigenvalue weighted by molar-refractivity contribution is 7.15. The number of benzene rings is 1. The van der Waals surface area contributed by atoms with Crippen molar-refractivity contribution in [3.8, 4) is 22.8 Å². The Bertz CT molecular complexity index is 879. The van der Waals surface area contributed by atoms with Gasteiger partial charge in [0.25, 0.3) is 0 Å². The van der Waals surface area contributed by atoms with Crippen LogP contribution in [0.2, 0.25) is 5.02 Å². The molecule has 3 heterocycles. The first kappa shape index (κ1) is 14.2. The van der Waals surface area contributed by atoms with Gasteiger partial charge in [-0.2, -0.15) is 0 Å². The molecule has 0 amide bonds. The van der Waals surface area contributed by atoms with Crippen molar-refractivity contribution in [1.82, 2.24) is 25.2 Å². The third-order valence-corrected chi connectivity index (χ3v) is 4.69. The maximum Gasteiger partial charge on any atom is 0.231 e. The van der Waals surface area contributed by atoms with Crippen molar-refractivity contribution in [2.24, 2.45) is 0 Å². The van der Waals surface area contributed by atoms with E-state index in [4.69, 9.17) is 26.8 Å². The van der Waals surface area contributed by atoms with E-state index in [1.165, 1.54) is 11.3 Å². The SMILES string of the molecule is C[C@H](c1nnc(N)s1)n1cc(-c2cc3c(cc2Cl)OCO3)nn1. The summed E-state index contributed by atoms with van der Waals surface area (Å²) in [5.74, 6) is 1.27. The fourth-order valence-electron chi connectivity index (χ4n) is 2.23. The van der Waals surface area contributed by atoms with E-state index in [2.05, 4.69) is 20.5 Å². The Morgan fingerprint density at radius 3 is 2.78 bits per heavy atom. The summed E-state index contributed by atoms with van der Waals surface area (Å²) < 4.78 is 12.4. The zero-order valence-corrected chi connectivity index (χ0v) is 13.5. The van der Waals surface area contributed by atoms with Crippen LogP contribution in [-0.2, 0) is 0 Å². The summed E-state index contributed by atoms with van der Waals surface area (Å²) in [5, 5.41) is 17.9. The number of nitrogens with two attached hydrogens (primary N) is 1. The zero-order valence-electron chi connectivity index (χ0n) is 11.9. The second kappa shape index (κ2) is 5.36. The second-order valence-electron chi connectivity index (χ2n) is 4.92. The van der Waals surface area contributed by atoms with Crippen LogP contribution in [0.5, 0.6) is 11.5 Å². The van der Waals surface area contributed by atoms with E-state index >= 15 is 0 Å².